The molecule has 0 aliphatic rings. The molecule has 0 radical (unpaired) electrons. The molecular formula is C57H42N2O2. The molecule has 0 N–H and O–H groups in total. The van der Waals surface area contributed by atoms with Gasteiger partial charge in [-0.1, -0.05) is 115 Å². The molecular weight excluding hydrogens is 745 g/mol. The first-order chi connectivity index (χ1) is 29.9. The Balaban J connectivity index is 1.19. The van der Waals surface area contributed by atoms with Crippen molar-refractivity contribution in [1.29, 1.82) is 0 Å². The molecule has 11 aromatic rings. The number of rotatable bonds is 8. The average Bonchev–Trinajstić information content (AvgIpc) is 3.83. The van der Waals surface area contributed by atoms with Crippen molar-refractivity contribution in [2.24, 2.45) is 0 Å². The van der Waals surface area contributed by atoms with Gasteiger partial charge in [-0.3, -0.25) is 0 Å². The van der Waals surface area contributed by atoms with Crippen molar-refractivity contribution >= 4 is 112 Å². The average molecular weight is 787 g/mol. The van der Waals surface area contributed by atoms with E-state index in [1.54, 1.807) is 6.08 Å². The predicted molar refractivity (Wildman–Crippen MR) is 260 cm³/mol. The highest BCUT2D eigenvalue weighted by molar-refractivity contribution is 6.25. The van der Waals surface area contributed by atoms with Gasteiger partial charge in [-0.15, -0.1) is 0 Å². The van der Waals surface area contributed by atoms with Crippen LogP contribution in [0.1, 0.15) is 30.7 Å². The molecule has 0 bridgehead atoms. The number of fused-ring (bicyclic) bond motifs is 9. The molecule has 0 aliphatic heterocycles. The molecule has 2 aromatic heterocycles. The minimum absolute atomic E-state index is 0.774. The van der Waals surface area contributed by atoms with E-state index < -0.39 is 0 Å². The van der Waals surface area contributed by atoms with Crippen molar-refractivity contribution in [3.63, 3.8) is 0 Å². The van der Waals surface area contributed by atoms with Gasteiger partial charge in [0.15, 0.2) is 0 Å². The monoisotopic (exact) mass is 786 g/mol. The highest BCUT2D eigenvalue weighted by atomic mass is 16.3. The number of benzene rings is 9. The van der Waals surface area contributed by atoms with Gasteiger partial charge < -0.3 is 18.6 Å². The van der Waals surface area contributed by atoms with Crippen LogP contribution in [0.3, 0.4) is 0 Å². The Kier molecular flexibility index (Phi) is 8.61. The highest BCUT2D eigenvalue weighted by Gasteiger charge is 2.23. The Hall–Kier alpha value is -7.82. The number of aryl methyl sites for hydroxylation is 1. The third-order valence-electron chi connectivity index (χ3n) is 11.8. The molecule has 0 atom stereocenters. The molecule has 0 amide bonds. The van der Waals surface area contributed by atoms with Gasteiger partial charge in [0.1, 0.15) is 22.5 Å². The Morgan fingerprint density at radius 2 is 0.885 bits per heavy atom. The fraction of sp³-hybridized carbons (Fsp3) is 0.0526. The lowest BCUT2D eigenvalue weighted by Gasteiger charge is -2.30. The van der Waals surface area contributed by atoms with Crippen molar-refractivity contribution < 1.29 is 8.83 Å². The topological polar surface area (TPSA) is 32.8 Å². The number of hydrogen-bond acceptors (Lipinski definition) is 4. The lowest BCUT2D eigenvalue weighted by atomic mass is 9.93. The number of para-hydroxylation sites is 2. The summed E-state index contributed by atoms with van der Waals surface area (Å²) in [4.78, 5) is 4.79. The second-order valence-electron chi connectivity index (χ2n) is 16.1. The van der Waals surface area contributed by atoms with Gasteiger partial charge in [0.2, 0.25) is 0 Å². The number of furan rings is 2. The molecule has 292 valence electrons. The van der Waals surface area contributed by atoms with E-state index in [4.69, 9.17) is 8.83 Å². The zero-order valence-electron chi connectivity index (χ0n) is 34.3. The van der Waals surface area contributed by atoms with E-state index in [0.29, 0.717) is 0 Å². The Labute approximate surface area is 354 Å². The van der Waals surface area contributed by atoms with Crippen LogP contribution < -0.4 is 9.80 Å². The Morgan fingerprint density at radius 1 is 0.426 bits per heavy atom. The Bertz CT molecular complexity index is 3530. The second kappa shape index (κ2) is 14.5. The van der Waals surface area contributed by atoms with Crippen LogP contribution in [0.4, 0.5) is 34.1 Å². The van der Waals surface area contributed by atoms with Gasteiger partial charge in [0.05, 0.1) is 11.4 Å². The third kappa shape index (κ3) is 6.07. The predicted octanol–water partition coefficient (Wildman–Crippen LogP) is 17.1. The molecule has 0 spiro atoms. The molecule has 4 heteroatoms. The van der Waals surface area contributed by atoms with E-state index in [2.05, 4.69) is 219 Å². The normalized spacial score (nSPS) is 11.6. The Morgan fingerprint density at radius 3 is 1.41 bits per heavy atom. The number of allylic oxidation sites excluding steroid dienone is 1. The largest absolute Gasteiger partial charge is 0.456 e. The summed E-state index contributed by atoms with van der Waals surface area (Å²) < 4.78 is 12.7. The fourth-order valence-electron chi connectivity index (χ4n) is 9.16. The molecule has 4 nitrogen and oxygen atoms in total. The van der Waals surface area contributed by atoms with Crippen molar-refractivity contribution in [3.8, 4) is 0 Å². The summed E-state index contributed by atoms with van der Waals surface area (Å²) in [5, 5.41) is 10.3. The van der Waals surface area contributed by atoms with E-state index in [1.165, 1.54) is 32.7 Å². The van der Waals surface area contributed by atoms with E-state index in [9.17, 15) is 0 Å². The van der Waals surface area contributed by atoms with Crippen LogP contribution in [-0.4, -0.2) is 0 Å². The number of nitrogens with zero attached hydrogens (tertiary/aromatic N) is 2. The first-order valence-electron chi connectivity index (χ1n) is 20.8. The standard InChI is InChI=1S/C57H42N2O2/c1-5-54-48(30-36(2)3)50-32-40(25-28-56(50)60-54)58(38-16-8-6-9-17-38)52-34-46-43-21-13-15-23-45(43)53(35-47(46)42-20-12-14-22-44(42)52)59(39-18-10-7-11-19-39)41-26-29-57-51(33-41)49-31-37(4)24-27-55(49)61-57/h5-35H,1H2,2-4H3. The van der Waals surface area contributed by atoms with Crippen molar-refractivity contribution in [2.45, 2.75) is 20.8 Å². The SMILES string of the molecule is C=Cc1oc2ccc(N(c3ccccc3)c3cc4c5ccccc5c(N(c5ccccc5)c5ccc6oc7ccc(C)cc7c6c5)cc4c4ccccc34)cc2c1C=C(C)C. The summed E-state index contributed by atoms with van der Waals surface area (Å²) in [5.74, 6) is 0.774. The number of anilines is 6. The molecule has 0 aliphatic carbocycles. The number of hydrogen-bond donors (Lipinski definition) is 0. The van der Waals surface area contributed by atoms with Gasteiger partial charge in [-0.25, -0.2) is 0 Å². The van der Waals surface area contributed by atoms with E-state index in [-0.39, 0.29) is 0 Å². The van der Waals surface area contributed by atoms with Gasteiger partial charge >= 0.3 is 0 Å². The van der Waals surface area contributed by atoms with Crippen LogP contribution in [0, 0.1) is 6.92 Å². The summed E-state index contributed by atoms with van der Waals surface area (Å²) in [6.07, 6.45) is 3.99. The van der Waals surface area contributed by atoms with Crippen LogP contribution in [0.2, 0.25) is 0 Å². The zero-order chi connectivity index (χ0) is 41.2. The van der Waals surface area contributed by atoms with Crippen LogP contribution >= 0.6 is 0 Å². The first kappa shape index (κ1) is 36.3. The summed E-state index contributed by atoms with van der Waals surface area (Å²) in [6, 6.07) is 63.3. The molecule has 11 rings (SSSR count). The van der Waals surface area contributed by atoms with Crippen LogP contribution in [0.25, 0.3) is 77.4 Å². The summed E-state index contributed by atoms with van der Waals surface area (Å²) >= 11 is 0. The molecule has 0 saturated carbocycles. The third-order valence-corrected chi connectivity index (χ3v) is 11.8. The van der Waals surface area contributed by atoms with Gasteiger partial charge in [-0.05, 0) is 133 Å². The van der Waals surface area contributed by atoms with Crippen molar-refractivity contribution in [1.82, 2.24) is 0 Å². The van der Waals surface area contributed by atoms with Gasteiger partial charge in [0, 0.05) is 55.2 Å². The molecule has 2 heterocycles. The van der Waals surface area contributed by atoms with Crippen LogP contribution in [0.15, 0.2) is 197 Å². The lowest BCUT2D eigenvalue weighted by molar-refractivity contribution is 0.603. The molecule has 0 saturated heterocycles. The minimum atomic E-state index is 0.774. The maximum absolute atomic E-state index is 6.34. The van der Waals surface area contributed by atoms with E-state index in [1.807, 2.05) is 0 Å². The van der Waals surface area contributed by atoms with E-state index in [0.717, 1.165) is 89.1 Å². The zero-order valence-corrected chi connectivity index (χ0v) is 34.3. The summed E-state index contributed by atoms with van der Waals surface area (Å²) in [6.45, 7) is 10.4. The molecule has 0 unspecified atom stereocenters. The minimum Gasteiger partial charge on any atom is -0.456 e. The van der Waals surface area contributed by atoms with E-state index >= 15 is 0 Å². The first-order valence-corrected chi connectivity index (χ1v) is 20.8. The maximum atomic E-state index is 6.34. The maximum Gasteiger partial charge on any atom is 0.135 e. The quantitative estimate of drug-likeness (QED) is 0.144. The van der Waals surface area contributed by atoms with Crippen molar-refractivity contribution in [2.75, 3.05) is 9.80 Å². The van der Waals surface area contributed by atoms with Crippen molar-refractivity contribution in [3.05, 3.63) is 205 Å². The van der Waals surface area contributed by atoms with Gasteiger partial charge in [-0.2, -0.15) is 0 Å². The van der Waals surface area contributed by atoms with Crippen LogP contribution in [-0.2, 0) is 0 Å². The smallest absolute Gasteiger partial charge is 0.135 e. The highest BCUT2D eigenvalue weighted by Crippen LogP contribution is 2.49. The van der Waals surface area contributed by atoms with Gasteiger partial charge in [0.25, 0.3) is 0 Å². The summed E-state index contributed by atoms with van der Waals surface area (Å²) in [7, 11) is 0. The molecule has 61 heavy (non-hydrogen) atoms. The molecule has 0 fully saturated rings. The second-order valence-corrected chi connectivity index (χ2v) is 16.1. The lowest BCUT2D eigenvalue weighted by Crippen LogP contribution is -2.12. The molecule has 9 aromatic carbocycles. The summed E-state index contributed by atoms with van der Waals surface area (Å²) in [5.41, 5.74) is 12.5. The fourth-order valence-corrected chi connectivity index (χ4v) is 9.16. The van der Waals surface area contributed by atoms with Crippen LogP contribution in [0.5, 0.6) is 0 Å².